The molecule has 0 unspecified atom stereocenters. The first kappa shape index (κ1) is 13.2. The summed E-state index contributed by atoms with van der Waals surface area (Å²) < 4.78 is -2.02. The molecule has 1 aromatic carbocycles. The molecule has 82 valence electrons. The molecule has 7 heteroatoms. The van der Waals surface area contributed by atoms with Crippen LogP contribution < -0.4 is 5.32 Å². The van der Waals surface area contributed by atoms with E-state index in [1.165, 1.54) is 18.2 Å². The molecule has 1 rings (SSSR count). The molecule has 15 heavy (non-hydrogen) atoms. The molecule has 0 aliphatic heterocycles. The van der Waals surface area contributed by atoms with Crippen LogP contribution >= 0.6 is 58.0 Å². The van der Waals surface area contributed by atoms with Gasteiger partial charge in [-0.2, -0.15) is 0 Å². The van der Waals surface area contributed by atoms with Gasteiger partial charge >= 0.3 is 0 Å². The lowest BCUT2D eigenvalue weighted by molar-refractivity contribution is -0.115. The molecular weight excluding hydrogens is 303 g/mol. The van der Waals surface area contributed by atoms with Gasteiger partial charge in [-0.05, 0) is 18.2 Å². The van der Waals surface area contributed by atoms with E-state index in [2.05, 4.69) is 5.32 Å². The van der Waals surface area contributed by atoms with Crippen LogP contribution in [0.2, 0.25) is 10.0 Å². The van der Waals surface area contributed by atoms with Crippen LogP contribution in [0.25, 0.3) is 0 Å². The van der Waals surface area contributed by atoms with Crippen molar-refractivity contribution in [1.29, 1.82) is 0 Å². The van der Waals surface area contributed by atoms with Crippen LogP contribution in [0, 0.1) is 0 Å². The van der Waals surface area contributed by atoms with Crippen molar-refractivity contribution < 1.29 is 4.79 Å². The summed E-state index contributed by atoms with van der Waals surface area (Å²) in [5.74, 6) is -0.772. The van der Waals surface area contributed by atoms with Crippen molar-refractivity contribution in [2.75, 3.05) is 5.32 Å². The summed E-state index contributed by atoms with van der Waals surface area (Å²) in [5.41, 5.74) is 0.365. The topological polar surface area (TPSA) is 29.1 Å². The number of benzene rings is 1. The summed E-state index contributed by atoms with van der Waals surface area (Å²) in [4.78, 5) is 11.3. The average Bonchev–Trinajstić information content (AvgIpc) is 1.99. The lowest BCUT2D eigenvalue weighted by atomic mass is 10.3. The fourth-order valence-corrected chi connectivity index (χ4v) is 1.50. The normalized spacial score (nSPS) is 11.3. The zero-order chi connectivity index (χ0) is 11.6. The molecular formula is C8H4Cl5NO. The van der Waals surface area contributed by atoms with Crippen LogP contribution in [0.15, 0.2) is 18.2 Å². The number of amides is 1. The first-order chi connectivity index (χ1) is 6.79. The van der Waals surface area contributed by atoms with Gasteiger partial charge in [0.15, 0.2) is 0 Å². The largest absolute Gasteiger partial charge is 0.322 e. The Morgan fingerprint density at radius 3 is 1.93 bits per heavy atom. The summed E-state index contributed by atoms with van der Waals surface area (Å²) in [6, 6.07) is 4.50. The second-order valence-electron chi connectivity index (χ2n) is 2.61. The molecule has 1 aromatic rings. The fraction of sp³-hybridized carbons (Fsp3) is 0.125. The summed E-state index contributed by atoms with van der Waals surface area (Å²) in [7, 11) is 0. The second-order valence-corrected chi connectivity index (χ2v) is 5.76. The van der Waals surface area contributed by atoms with E-state index < -0.39 is 9.70 Å². The van der Waals surface area contributed by atoms with Crippen LogP contribution in [0.5, 0.6) is 0 Å². The van der Waals surface area contributed by atoms with E-state index in [-0.39, 0.29) is 0 Å². The van der Waals surface area contributed by atoms with Gasteiger partial charge in [-0.15, -0.1) is 0 Å². The minimum absolute atomic E-state index is 0.365. The summed E-state index contributed by atoms with van der Waals surface area (Å²) in [6.45, 7) is 0. The first-order valence-electron chi connectivity index (χ1n) is 3.63. The number of hydrogen-bond donors (Lipinski definition) is 1. The van der Waals surface area contributed by atoms with Gasteiger partial charge in [0.2, 0.25) is 0 Å². The third-order valence-electron chi connectivity index (χ3n) is 1.38. The molecule has 1 amide bonds. The van der Waals surface area contributed by atoms with E-state index in [0.717, 1.165) is 0 Å². The third-order valence-corrected chi connectivity index (χ3v) is 2.33. The van der Waals surface area contributed by atoms with Gasteiger partial charge in [-0.25, -0.2) is 0 Å². The summed E-state index contributed by atoms with van der Waals surface area (Å²) in [5, 5.41) is 3.11. The van der Waals surface area contributed by atoms with E-state index in [9.17, 15) is 4.79 Å². The van der Waals surface area contributed by atoms with Crippen LogP contribution in [-0.4, -0.2) is 9.70 Å². The van der Waals surface area contributed by atoms with Crippen molar-refractivity contribution >= 4 is 69.6 Å². The predicted octanol–water partition coefficient (Wildman–Crippen LogP) is 4.30. The van der Waals surface area contributed by atoms with Crippen LogP contribution in [0.4, 0.5) is 5.69 Å². The van der Waals surface area contributed by atoms with Crippen LogP contribution in [0.3, 0.4) is 0 Å². The highest BCUT2D eigenvalue weighted by Crippen LogP contribution is 2.29. The molecule has 0 aromatic heterocycles. The Hall–Kier alpha value is 0.140. The Labute approximate surface area is 111 Å². The van der Waals surface area contributed by atoms with Crippen molar-refractivity contribution in [3.63, 3.8) is 0 Å². The fourth-order valence-electron chi connectivity index (χ4n) is 0.828. The summed E-state index contributed by atoms with van der Waals surface area (Å²) >= 11 is 27.5. The van der Waals surface area contributed by atoms with Crippen molar-refractivity contribution in [1.82, 2.24) is 0 Å². The quantitative estimate of drug-likeness (QED) is 0.770. The number of alkyl halides is 3. The third kappa shape index (κ3) is 4.25. The molecule has 0 aliphatic rings. The second kappa shape index (κ2) is 4.98. The Kier molecular flexibility index (Phi) is 4.38. The molecule has 0 radical (unpaired) electrons. The maximum Gasteiger partial charge on any atom is 0.276 e. The van der Waals surface area contributed by atoms with Gasteiger partial charge in [0.05, 0.1) is 0 Å². The SMILES string of the molecule is O=C(Nc1cc(Cl)cc(Cl)c1)C(Cl)(Cl)Cl. The molecule has 1 N–H and O–H groups in total. The molecule has 0 saturated heterocycles. The van der Waals surface area contributed by atoms with Gasteiger partial charge in [-0.1, -0.05) is 58.0 Å². The van der Waals surface area contributed by atoms with Crippen LogP contribution in [-0.2, 0) is 4.79 Å². The number of halogens is 5. The zero-order valence-electron chi connectivity index (χ0n) is 7.03. The van der Waals surface area contributed by atoms with Crippen molar-refractivity contribution in [3.8, 4) is 0 Å². The minimum atomic E-state index is -2.02. The number of carbonyl (C=O) groups is 1. The maximum atomic E-state index is 11.3. The van der Waals surface area contributed by atoms with Crippen molar-refractivity contribution in [2.24, 2.45) is 0 Å². The molecule has 0 spiro atoms. The van der Waals surface area contributed by atoms with Gasteiger partial charge in [0, 0.05) is 15.7 Å². The number of rotatable bonds is 1. The van der Waals surface area contributed by atoms with Gasteiger partial charge in [0.1, 0.15) is 0 Å². The van der Waals surface area contributed by atoms with E-state index in [1.54, 1.807) is 0 Å². The Balaban J connectivity index is 2.86. The van der Waals surface area contributed by atoms with Gasteiger partial charge in [-0.3, -0.25) is 4.79 Å². The lowest BCUT2D eigenvalue weighted by Gasteiger charge is -2.11. The molecule has 0 heterocycles. The van der Waals surface area contributed by atoms with Crippen LogP contribution in [0.1, 0.15) is 0 Å². The van der Waals surface area contributed by atoms with Crippen molar-refractivity contribution in [2.45, 2.75) is 3.79 Å². The number of hydrogen-bond acceptors (Lipinski definition) is 1. The zero-order valence-corrected chi connectivity index (χ0v) is 10.8. The number of anilines is 1. The average molecular weight is 307 g/mol. The van der Waals surface area contributed by atoms with Crippen molar-refractivity contribution in [3.05, 3.63) is 28.2 Å². The molecule has 0 bridgehead atoms. The molecule has 2 nitrogen and oxygen atoms in total. The Bertz CT molecular complexity index is 367. The van der Waals surface area contributed by atoms with Gasteiger partial charge in [0.25, 0.3) is 9.70 Å². The Morgan fingerprint density at radius 1 is 1.07 bits per heavy atom. The van der Waals surface area contributed by atoms with Gasteiger partial charge < -0.3 is 5.32 Å². The maximum absolute atomic E-state index is 11.3. The highest BCUT2D eigenvalue weighted by molar-refractivity contribution is 6.76. The molecule has 0 fully saturated rings. The first-order valence-corrected chi connectivity index (χ1v) is 5.52. The molecule has 0 saturated carbocycles. The van der Waals surface area contributed by atoms with E-state index in [0.29, 0.717) is 15.7 Å². The highest BCUT2D eigenvalue weighted by atomic mass is 35.6. The van der Waals surface area contributed by atoms with E-state index in [4.69, 9.17) is 58.0 Å². The van der Waals surface area contributed by atoms with E-state index >= 15 is 0 Å². The molecule has 0 atom stereocenters. The Morgan fingerprint density at radius 2 is 1.53 bits per heavy atom. The minimum Gasteiger partial charge on any atom is -0.322 e. The standard InChI is InChI=1S/C8H4Cl5NO/c9-4-1-5(10)3-6(2-4)14-7(15)8(11,12)13/h1-3H,(H,14,15). The highest BCUT2D eigenvalue weighted by Gasteiger charge is 2.30. The monoisotopic (exact) mass is 305 g/mol. The smallest absolute Gasteiger partial charge is 0.276 e. The number of carbonyl (C=O) groups excluding carboxylic acids is 1. The summed E-state index contributed by atoms with van der Waals surface area (Å²) in [6.07, 6.45) is 0. The van der Waals surface area contributed by atoms with E-state index in [1.807, 2.05) is 0 Å². The lowest BCUT2D eigenvalue weighted by Crippen LogP contribution is -2.26. The number of nitrogens with one attached hydrogen (secondary N) is 1. The predicted molar refractivity (Wildman–Crippen MR) is 65.4 cm³/mol. The molecule has 0 aliphatic carbocycles.